The van der Waals surface area contributed by atoms with Crippen LogP contribution in [-0.2, 0) is 45.6 Å². The maximum absolute atomic E-state index is 13.8. The van der Waals surface area contributed by atoms with Gasteiger partial charge in [-0.3, -0.25) is 24.1 Å². The second-order valence-electron chi connectivity index (χ2n) is 12.1. The van der Waals surface area contributed by atoms with Crippen LogP contribution in [-0.4, -0.2) is 90.7 Å². The molecular weight excluding hydrogens is 639 g/mol. The number of aryl methyl sites for hydroxylation is 2. The maximum Gasteiger partial charge on any atom is 0.328 e. The van der Waals surface area contributed by atoms with Gasteiger partial charge in [-0.2, -0.15) is 0 Å². The summed E-state index contributed by atoms with van der Waals surface area (Å²) in [7, 11) is -0.844. The Morgan fingerprint density at radius 1 is 0.809 bits per heavy atom. The summed E-state index contributed by atoms with van der Waals surface area (Å²) in [6, 6.07) is 0. The van der Waals surface area contributed by atoms with E-state index in [1.807, 2.05) is 13.8 Å². The molecule has 0 bridgehead atoms. The van der Waals surface area contributed by atoms with Crippen LogP contribution < -0.4 is 34.0 Å². The summed E-state index contributed by atoms with van der Waals surface area (Å²) < 4.78 is 51.9. The van der Waals surface area contributed by atoms with E-state index in [2.05, 4.69) is 9.97 Å². The molecule has 2 aliphatic heterocycles. The highest BCUT2D eigenvalue weighted by Crippen LogP contribution is 2.52. The molecule has 6 N–H and O–H groups in total. The minimum Gasteiger partial charge on any atom is -0.382 e. The van der Waals surface area contributed by atoms with Gasteiger partial charge in [0.2, 0.25) is 0 Å². The Bertz CT molecular complexity index is 1640. The molecule has 0 aromatic carbocycles. The lowest BCUT2D eigenvalue weighted by Crippen LogP contribution is -2.35. The zero-order valence-corrected chi connectivity index (χ0v) is 28.3. The van der Waals surface area contributed by atoms with Gasteiger partial charge >= 0.3 is 19.0 Å². The Kier molecular flexibility index (Phi) is 12.7. The number of hydrogen-bond donors (Lipinski definition) is 4. The first-order valence-corrected chi connectivity index (χ1v) is 17.6. The summed E-state index contributed by atoms with van der Waals surface area (Å²) >= 11 is 0. The first-order chi connectivity index (χ1) is 22.3. The lowest BCUT2D eigenvalue weighted by molar-refractivity contribution is -0.0370. The van der Waals surface area contributed by atoms with Gasteiger partial charge in [0.1, 0.15) is 18.3 Å². The zero-order valence-electron chi connectivity index (χ0n) is 27.4. The number of nitrogens with two attached hydrogens (primary N) is 2. The molecule has 0 spiro atoms. The summed E-state index contributed by atoms with van der Waals surface area (Å²) in [5.41, 5.74) is 9.22. The molecule has 4 heterocycles. The molecule has 0 aliphatic carbocycles. The van der Waals surface area contributed by atoms with Gasteiger partial charge in [0.15, 0.2) is 0 Å². The third kappa shape index (κ3) is 8.47. The second-order valence-corrected chi connectivity index (χ2v) is 14.1. The monoisotopic (exact) mass is 686 g/mol. The van der Waals surface area contributed by atoms with Gasteiger partial charge in [0.05, 0.1) is 42.7 Å². The van der Waals surface area contributed by atoms with E-state index in [-0.39, 0.29) is 42.7 Å². The zero-order chi connectivity index (χ0) is 34.5. The third-order valence-electron chi connectivity index (χ3n) is 8.69. The van der Waals surface area contributed by atoms with E-state index in [1.54, 1.807) is 0 Å². The molecule has 17 nitrogen and oxygen atoms in total. The molecule has 2 aromatic heterocycles. The number of aromatic amines is 2. The summed E-state index contributed by atoms with van der Waals surface area (Å²) in [6.45, 7) is 6.28. The van der Waals surface area contributed by atoms with Crippen LogP contribution in [0.5, 0.6) is 0 Å². The summed E-state index contributed by atoms with van der Waals surface area (Å²) in [4.78, 5) is 55.1. The van der Waals surface area contributed by atoms with E-state index in [4.69, 9.17) is 39.5 Å². The van der Waals surface area contributed by atoms with Crippen molar-refractivity contribution >= 4 is 7.60 Å². The minimum absolute atomic E-state index is 0.130. The van der Waals surface area contributed by atoms with Crippen molar-refractivity contribution in [2.75, 3.05) is 47.2 Å². The molecule has 9 atom stereocenters. The maximum atomic E-state index is 13.8. The molecule has 3 unspecified atom stereocenters. The van der Waals surface area contributed by atoms with Gasteiger partial charge < -0.3 is 48.6 Å². The Balaban J connectivity index is 1.54. The van der Waals surface area contributed by atoms with Gasteiger partial charge in [0, 0.05) is 58.2 Å². The van der Waals surface area contributed by atoms with E-state index >= 15 is 0 Å². The van der Waals surface area contributed by atoms with Crippen LogP contribution in [0.1, 0.15) is 50.0 Å². The summed E-state index contributed by atoms with van der Waals surface area (Å²) in [6.07, 6.45) is -0.514. The fourth-order valence-corrected chi connectivity index (χ4v) is 7.39. The van der Waals surface area contributed by atoms with E-state index < -0.39 is 66.7 Å². The Morgan fingerprint density at radius 3 is 1.85 bits per heavy atom. The standard InChI is InChI=1S/C29H47N6O11P/c1-16-20(14-41-3)44-25(19-13-35(11-7-9-31)29(39)33-27(19)37)24(16)46-47(5,40)43-15-21-23(42-4)17(2)22(45-21)18-12-34(10-6-8-30)28(38)32-26(18)36/h12-13,16-17,20-25H,6-11,14-15,30-31H2,1-5H3,(H,32,36,38)(H,33,37,39)/t16?,17-,20-,21-,22-,23?,24+,25+,47?/m1/s1. The van der Waals surface area contributed by atoms with Crippen molar-refractivity contribution in [1.82, 2.24) is 19.1 Å². The van der Waals surface area contributed by atoms with Crippen LogP contribution in [0.2, 0.25) is 0 Å². The van der Waals surface area contributed by atoms with Gasteiger partial charge in [-0.1, -0.05) is 13.8 Å². The molecule has 18 heteroatoms. The lowest BCUT2D eigenvalue weighted by Gasteiger charge is -2.27. The Morgan fingerprint density at radius 2 is 1.34 bits per heavy atom. The molecule has 2 aromatic rings. The van der Waals surface area contributed by atoms with Gasteiger partial charge in [-0.05, 0) is 25.9 Å². The number of aromatic nitrogens is 4. The number of rotatable bonds is 16. The van der Waals surface area contributed by atoms with Crippen LogP contribution in [0.4, 0.5) is 0 Å². The fraction of sp³-hybridized carbons (Fsp3) is 0.724. The molecule has 0 saturated carbocycles. The first-order valence-electron chi connectivity index (χ1n) is 15.7. The molecule has 0 amide bonds. The highest BCUT2D eigenvalue weighted by atomic mass is 31.2. The van der Waals surface area contributed by atoms with Crippen molar-refractivity contribution in [1.29, 1.82) is 0 Å². The van der Waals surface area contributed by atoms with Gasteiger partial charge in [0.25, 0.3) is 11.1 Å². The molecular formula is C29H47N6O11P. The van der Waals surface area contributed by atoms with Crippen LogP contribution >= 0.6 is 7.60 Å². The van der Waals surface area contributed by atoms with Gasteiger partial charge in [-0.25, -0.2) is 9.59 Å². The summed E-state index contributed by atoms with van der Waals surface area (Å²) in [5.74, 6) is -0.724. The second kappa shape index (κ2) is 16.1. The average Bonchev–Trinajstić information content (AvgIpc) is 3.50. The molecule has 264 valence electrons. The summed E-state index contributed by atoms with van der Waals surface area (Å²) in [5, 5.41) is 0. The van der Waals surface area contributed by atoms with E-state index in [9.17, 15) is 23.7 Å². The van der Waals surface area contributed by atoms with Crippen molar-refractivity contribution in [3.63, 3.8) is 0 Å². The Labute approximate surface area is 271 Å². The normalized spacial score (nSPS) is 28.9. The molecule has 0 radical (unpaired) electrons. The largest absolute Gasteiger partial charge is 0.382 e. The molecule has 4 rings (SSSR count). The smallest absolute Gasteiger partial charge is 0.328 e. The van der Waals surface area contributed by atoms with Crippen molar-refractivity contribution in [3.8, 4) is 0 Å². The predicted octanol–water partition coefficient (Wildman–Crippen LogP) is -0.177. The minimum atomic E-state index is -3.85. The van der Waals surface area contributed by atoms with Crippen LogP contribution in [0.15, 0.2) is 31.6 Å². The lowest BCUT2D eigenvalue weighted by atomic mass is 9.95. The first kappa shape index (κ1) is 37.1. The number of hydrogen-bond acceptors (Lipinski definition) is 13. The average molecular weight is 687 g/mol. The van der Waals surface area contributed by atoms with Crippen molar-refractivity contribution in [3.05, 3.63) is 65.2 Å². The number of nitrogens with one attached hydrogen (secondary N) is 2. The third-order valence-corrected chi connectivity index (χ3v) is 9.94. The SMILES string of the molecule is COC[C@H]1O[C@@H](c2cn(CCCN)c(=O)[nH]c2=O)[C@@H](OP(C)(=O)OC[C@H]2O[C@@H](c3cn(CCCN)c(=O)[nH]c3=O)[C@@H](C)C2OC)C1C. The Hall–Kier alpha value is -2.73. The molecule has 2 aliphatic rings. The highest BCUT2D eigenvalue weighted by Gasteiger charge is 2.49. The number of ether oxygens (including phenoxy) is 4. The van der Waals surface area contributed by atoms with Crippen molar-refractivity contribution in [2.24, 2.45) is 23.3 Å². The number of nitrogens with zero attached hydrogens (tertiary/aromatic N) is 2. The topological polar surface area (TPSA) is 234 Å². The van der Waals surface area contributed by atoms with E-state index in [0.29, 0.717) is 32.5 Å². The molecule has 2 saturated heterocycles. The quantitative estimate of drug-likeness (QED) is 0.168. The van der Waals surface area contributed by atoms with E-state index in [0.717, 1.165) is 0 Å². The highest BCUT2D eigenvalue weighted by molar-refractivity contribution is 7.53. The van der Waals surface area contributed by atoms with Crippen molar-refractivity contribution < 1.29 is 32.6 Å². The number of methoxy groups -OCH3 is 2. The van der Waals surface area contributed by atoms with Crippen LogP contribution in [0.25, 0.3) is 0 Å². The number of H-pyrrole nitrogens is 2. The van der Waals surface area contributed by atoms with Crippen LogP contribution in [0.3, 0.4) is 0 Å². The van der Waals surface area contributed by atoms with Crippen molar-refractivity contribution in [2.45, 2.75) is 76.4 Å². The fourth-order valence-electron chi connectivity index (χ4n) is 6.17. The van der Waals surface area contributed by atoms with Crippen LogP contribution in [0, 0.1) is 11.8 Å². The molecule has 2 fully saturated rings. The van der Waals surface area contributed by atoms with Gasteiger partial charge in [-0.15, -0.1) is 0 Å². The predicted molar refractivity (Wildman–Crippen MR) is 171 cm³/mol. The van der Waals surface area contributed by atoms with E-state index in [1.165, 1.54) is 42.4 Å². The molecule has 47 heavy (non-hydrogen) atoms.